The quantitative estimate of drug-likeness (QED) is 0.812. The van der Waals surface area contributed by atoms with Gasteiger partial charge < -0.3 is 14.9 Å². The third kappa shape index (κ3) is 3.90. The van der Waals surface area contributed by atoms with Crippen LogP contribution in [0.5, 0.6) is 5.75 Å². The van der Waals surface area contributed by atoms with Crippen molar-refractivity contribution >= 4 is 0 Å². The van der Waals surface area contributed by atoms with Crippen molar-refractivity contribution in [3.63, 3.8) is 0 Å². The van der Waals surface area contributed by atoms with Crippen LogP contribution in [0.4, 0.5) is 0 Å². The Hall–Kier alpha value is -1.06. The standard InChI is InChI=1S/C12H20N2O/c1-13(2)8-10-5-6-12(15)7-11(10)9-14(3)4/h5-7,15H,8-9H2,1-4H3. The molecule has 0 radical (unpaired) electrons. The monoisotopic (exact) mass is 208 g/mol. The zero-order valence-electron chi connectivity index (χ0n) is 9.99. The molecule has 1 aromatic rings. The summed E-state index contributed by atoms with van der Waals surface area (Å²) in [6, 6.07) is 5.59. The number of nitrogens with zero attached hydrogens (tertiary/aromatic N) is 2. The molecule has 3 heteroatoms. The molecule has 0 aromatic heterocycles. The molecule has 0 fully saturated rings. The van der Waals surface area contributed by atoms with Crippen molar-refractivity contribution in [2.24, 2.45) is 0 Å². The molecular formula is C12H20N2O. The SMILES string of the molecule is CN(C)Cc1ccc(O)cc1CN(C)C. The second-order valence-electron chi connectivity index (χ2n) is 4.43. The van der Waals surface area contributed by atoms with Gasteiger partial charge in [-0.2, -0.15) is 0 Å². The third-order valence-electron chi connectivity index (χ3n) is 2.16. The van der Waals surface area contributed by atoms with Crippen molar-refractivity contribution in [2.75, 3.05) is 28.2 Å². The van der Waals surface area contributed by atoms with E-state index in [1.165, 1.54) is 11.1 Å². The van der Waals surface area contributed by atoms with E-state index in [9.17, 15) is 5.11 Å². The molecule has 1 aromatic carbocycles. The highest BCUT2D eigenvalue weighted by atomic mass is 16.3. The van der Waals surface area contributed by atoms with Crippen molar-refractivity contribution in [3.8, 4) is 5.75 Å². The lowest BCUT2D eigenvalue weighted by Gasteiger charge is -2.17. The summed E-state index contributed by atoms with van der Waals surface area (Å²) in [5.74, 6) is 0.342. The van der Waals surface area contributed by atoms with Gasteiger partial charge in [-0.15, -0.1) is 0 Å². The van der Waals surface area contributed by atoms with Crippen LogP contribution in [0.2, 0.25) is 0 Å². The molecule has 0 aliphatic carbocycles. The van der Waals surface area contributed by atoms with Gasteiger partial charge in [0.25, 0.3) is 0 Å². The van der Waals surface area contributed by atoms with Crippen LogP contribution in [0.3, 0.4) is 0 Å². The fourth-order valence-electron chi connectivity index (χ4n) is 1.60. The minimum Gasteiger partial charge on any atom is -0.508 e. The first kappa shape index (κ1) is 12.0. The molecule has 3 nitrogen and oxygen atoms in total. The Morgan fingerprint density at radius 3 is 2.00 bits per heavy atom. The first-order valence-electron chi connectivity index (χ1n) is 5.09. The number of phenols is 1. The van der Waals surface area contributed by atoms with Gasteiger partial charge in [0.1, 0.15) is 5.75 Å². The van der Waals surface area contributed by atoms with Gasteiger partial charge in [-0.1, -0.05) is 6.07 Å². The van der Waals surface area contributed by atoms with Crippen LogP contribution in [0.25, 0.3) is 0 Å². The Morgan fingerprint density at radius 2 is 1.47 bits per heavy atom. The van der Waals surface area contributed by atoms with Crippen LogP contribution in [0.1, 0.15) is 11.1 Å². The molecular weight excluding hydrogens is 188 g/mol. The van der Waals surface area contributed by atoms with Crippen LogP contribution < -0.4 is 0 Å². The minimum absolute atomic E-state index is 0.342. The van der Waals surface area contributed by atoms with Crippen LogP contribution in [0.15, 0.2) is 18.2 Å². The molecule has 0 atom stereocenters. The van der Waals surface area contributed by atoms with Crippen molar-refractivity contribution in [1.29, 1.82) is 0 Å². The largest absolute Gasteiger partial charge is 0.508 e. The summed E-state index contributed by atoms with van der Waals surface area (Å²) >= 11 is 0. The average molecular weight is 208 g/mol. The first-order chi connectivity index (χ1) is 6.99. The maximum atomic E-state index is 9.45. The van der Waals surface area contributed by atoms with Crippen molar-refractivity contribution in [3.05, 3.63) is 29.3 Å². The van der Waals surface area contributed by atoms with E-state index in [0.717, 1.165) is 13.1 Å². The van der Waals surface area contributed by atoms with E-state index in [1.807, 2.05) is 40.3 Å². The van der Waals surface area contributed by atoms with Crippen molar-refractivity contribution < 1.29 is 5.11 Å². The number of hydrogen-bond donors (Lipinski definition) is 1. The van der Waals surface area contributed by atoms with E-state index < -0.39 is 0 Å². The highest BCUT2D eigenvalue weighted by Gasteiger charge is 2.05. The maximum absolute atomic E-state index is 9.45. The molecule has 0 saturated carbocycles. The smallest absolute Gasteiger partial charge is 0.115 e. The Kier molecular flexibility index (Phi) is 4.12. The van der Waals surface area contributed by atoms with Crippen LogP contribution >= 0.6 is 0 Å². The number of benzene rings is 1. The highest BCUT2D eigenvalue weighted by Crippen LogP contribution is 2.18. The molecule has 0 amide bonds. The minimum atomic E-state index is 0.342. The van der Waals surface area contributed by atoms with Gasteiger partial charge in [-0.05, 0) is 51.5 Å². The van der Waals surface area contributed by atoms with Crippen molar-refractivity contribution in [1.82, 2.24) is 9.80 Å². The average Bonchev–Trinajstić information content (AvgIpc) is 2.08. The summed E-state index contributed by atoms with van der Waals surface area (Å²) in [7, 11) is 8.16. The molecule has 1 N–H and O–H groups in total. The van der Waals surface area contributed by atoms with Crippen molar-refractivity contribution in [2.45, 2.75) is 13.1 Å². The second-order valence-corrected chi connectivity index (χ2v) is 4.43. The fourth-order valence-corrected chi connectivity index (χ4v) is 1.60. The van der Waals surface area contributed by atoms with Gasteiger partial charge >= 0.3 is 0 Å². The van der Waals surface area contributed by atoms with Crippen LogP contribution in [-0.2, 0) is 13.1 Å². The number of aromatic hydroxyl groups is 1. The van der Waals surface area contributed by atoms with E-state index in [4.69, 9.17) is 0 Å². The van der Waals surface area contributed by atoms with Gasteiger partial charge in [-0.25, -0.2) is 0 Å². The maximum Gasteiger partial charge on any atom is 0.115 e. The zero-order chi connectivity index (χ0) is 11.4. The van der Waals surface area contributed by atoms with E-state index >= 15 is 0 Å². The number of hydrogen-bond acceptors (Lipinski definition) is 3. The molecule has 0 heterocycles. The van der Waals surface area contributed by atoms with Crippen LogP contribution in [0, 0.1) is 0 Å². The molecule has 84 valence electrons. The molecule has 0 bridgehead atoms. The molecule has 0 aliphatic rings. The fraction of sp³-hybridized carbons (Fsp3) is 0.500. The number of phenolic OH excluding ortho intramolecular Hbond substituents is 1. The van der Waals surface area contributed by atoms with Gasteiger partial charge in [0, 0.05) is 13.1 Å². The molecule has 0 aliphatic heterocycles. The molecule has 0 unspecified atom stereocenters. The molecule has 0 saturated heterocycles. The predicted octanol–water partition coefficient (Wildman–Crippen LogP) is 1.52. The van der Waals surface area contributed by atoms with E-state index in [-0.39, 0.29) is 0 Å². The lowest BCUT2D eigenvalue weighted by molar-refractivity contribution is 0.379. The topological polar surface area (TPSA) is 26.7 Å². The summed E-state index contributed by atoms with van der Waals surface area (Å²) in [4.78, 5) is 4.24. The van der Waals surface area contributed by atoms with E-state index in [0.29, 0.717) is 5.75 Å². The van der Waals surface area contributed by atoms with E-state index in [1.54, 1.807) is 6.07 Å². The van der Waals surface area contributed by atoms with Gasteiger partial charge in [0.15, 0.2) is 0 Å². The highest BCUT2D eigenvalue weighted by molar-refractivity contribution is 5.34. The Morgan fingerprint density at radius 1 is 0.933 bits per heavy atom. The predicted molar refractivity (Wildman–Crippen MR) is 62.9 cm³/mol. The Labute approximate surface area is 91.9 Å². The Balaban J connectivity index is 2.92. The summed E-state index contributed by atoms with van der Waals surface area (Å²) in [5, 5.41) is 9.45. The number of rotatable bonds is 4. The van der Waals surface area contributed by atoms with Gasteiger partial charge in [0.2, 0.25) is 0 Å². The second kappa shape index (κ2) is 5.14. The van der Waals surface area contributed by atoms with Crippen LogP contribution in [-0.4, -0.2) is 43.1 Å². The van der Waals surface area contributed by atoms with Gasteiger partial charge in [0.05, 0.1) is 0 Å². The molecule has 0 spiro atoms. The lowest BCUT2D eigenvalue weighted by Crippen LogP contribution is -2.16. The van der Waals surface area contributed by atoms with E-state index in [2.05, 4.69) is 9.80 Å². The summed E-state index contributed by atoms with van der Waals surface area (Å²) in [6.45, 7) is 1.76. The lowest BCUT2D eigenvalue weighted by atomic mass is 10.1. The molecule has 15 heavy (non-hydrogen) atoms. The van der Waals surface area contributed by atoms with Gasteiger partial charge in [-0.3, -0.25) is 0 Å². The zero-order valence-corrected chi connectivity index (χ0v) is 9.99. The summed E-state index contributed by atoms with van der Waals surface area (Å²) in [5.41, 5.74) is 2.46. The summed E-state index contributed by atoms with van der Waals surface area (Å²) < 4.78 is 0. The summed E-state index contributed by atoms with van der Waals surface area (Å²) in [6.07, 6.45) is 0. The normalized spacial score (nSPS) is 11.3. The Bertz CT molecular complexity index is 321. The molecule has 1 rings (SSSR count). The first-order valence-corrected chi connectivity index (χ1v) is 5.09. The third-order valence-corrected chi connectivity index (χ3v) is 2.16.